The van der Waals surface area contributed by atoms with Gasteiger partial charge < -0.3 is 10.6 Å². The molecule has 0 aliphatic rings. The summed E-state index contributed by atoms with van der Waals surface area (Å²) in [5.41, 5.74) is 2.79. The largest absolute Gasteiger partial charge is 0.381 e. The molecule has 2 aromatic rings. The van der Waals surface area contributed by atoms with Crippen molar-refractivity contribution in [3.8, 4) is 0 Å². The Kier molecular flexibility index (Phi) is 5.18. The molecule has 0 aliphatic heterocycles. The first kappa shape index (κ1) is 14.6. The fraction of sp³-hybridized carbons (Fsp3) is 0.188. The highest BCUT2D eigenvalue weighted by molar-refractivity contribution is 9.10. The molecule has 0 spiro atoms. The van der Waals surface area contributed by atoms with E-state index in [9.17, 15) is 4.79 Å². The molecule has 0 radical (unpaired) electrons. The molecule has 2 N–H and O–H groups in total. The molecule has 0 fully saturated rings. The predicted molar refractivity (Wildman–Crippen MR) is 85.9 cm³/mol. The average Bonchev–Trinajstić information content (AvgIpc) is 2.46. The van der Waals surface area contributed by atoms with Gasteiger partial charge in [-0.3, -0.25) is 4.79 Å². The van der Waals surface area contributed by atoms with Crippen molar-refractivity contribution in [1.29, 1.82) is 0 Å². The molecule has 0 bridgehead atoms. The van der Waals surface area contributed by atoms with E-state index in [4.69, 9.17) is 0 Å². The number of benzene rings is 2. The number of carbonyl (C=O) groups excluding carboxylic acids is 1. The normalized spacial score (nSPS) is 10.1. The summed E-state index contributed by atoms with van der Waals surface area (Å²) >= 11 is 3.46. The lowest BCUT2D eigenvalue weighted by Crippen LogP contribution is -2.22. The van der Waals surface area contributed by atoms with Gasteiger partial charge in [0.25, 0.3) is 5.91 Å². The molecule has 20 heavy (non-hydrogen) atoms. The topological polar surface area (TPSA) is 41.1 Å². The number of nitrogens with one attached hydrogen (secondary N) is 2. The lowest BCUT2D eigenvalue weighted by molar-refractivity contribution is 0.0956. The molecule has 0 aromatic heterocycles. The number of rotatable bonds is 5. The van der Waals surface area contributed by atoms with Crippen LogP contribution in [-0.4, -0.2) is 12.5 Å². The molecular formula is C16H17BrN2O. The Hall–Kier alpha value is -1.81. The monoisotopic (exact) mass is 332 g/mol. The van der Waals surface area contributed by atoms with Crippen molar-refractivity contribution in [2.45, 2.75) is 13.5 Å². The van der Waals surface area contributed by atoms with E-state index in [2.05, 4.69) is 38.7 Å². The highest BCUT2D eigenvalue weighted by Gasteiger charge is 2.04. The van der Waals surface area contributed by atoms with Crippen LogP contribution >= 0.6 is 15.9 Å². The summed E-state index contributed by atoms with van der Waals surface area (Å²) in [5.74, 6) is -0.0430. The van der Waals surface area contributed by atoms with Crippen LogP contribution in [0.3, 0.4) is 0 Å². The molecule has 0 aliphatic carbocycles. The molecular weight excluding hydrogens is 316 g/mol. The molecule has 4 heteroatoms. The van der Waals surface area contributed by atoms with Gasteiger partial charge in [0.15, 0.2) is 0 Å². The molecule has 2 rings (SSSR count). The van der Waals surface area contributed by atoms with Crippen LogP contribution < -0.4 is 10.6 Å². The Morgan fingerprint density at radius 3 is 2.70 bits per heavy atom. The third kappa shape index (κ3) is 4.10. The maximum Gasteiger partial charge on any atom is 0.251 e. The number of amides is 1. The maximum atomic E-state index is 11.8. The van der Waals surface area contributed by atoms with Crippen LogP contribution in [0.1, 0.15) is 22.8 Å². The summed E-state index contributed by atoms with van der Waals surface area (Å²) in [6.07, 6.45) is 0. The van der Waals surface area contributed by atoms with E-state index in [-0.39, 0.29) is 5.91 Å². The smallest absolute Gasteiger partial charge is 0.251 e. The van der Waals surface area contributed by atoms with Crippen molar-refractivity contribution in [2.24, 2.45) is 0 Å². The standard InChI is InChI=1S/C16H17BrN2O/c1-2-18-16(20)13-6-4-8-15(10-13)19-11-12-5-3-7-14(17)9-12/h3-10,19H,2,11H2,1H3,(H,18,20). The van der Waals surface area contributed by atoms with Crippen LogP contribution in [0, 0.1) is 0 Å². The molecule has 0 heterocycles. The van der Waals surface area contributed by atoms with E-state index in [0.29, 0.717) is 12.1 Å². The van der Waals surface area contributed by atoms with E-state index in [0.717, 1.165) is 16.7 Å². The summed E-state index contributed by atoms with van der Waals surface area (Å²) in [4.78, 5) is 11.8. The van der Waals surface area contributed by atoms with Gasteiger partial charge in [0.2, 0.25) is 0 Å². The van der Waals surface area contributed by atoms with Crippen LogP contribution in [0.25, 0.3) is 0 Å². The number of halogens is 1. The molecule has 3 nitrogen and oxygen atoms in total. The minimum Gasteiger partial charge on any atom is -0.381 e. The van der Waals surface area contributed by atoms with Gasteiger partial charge in [-0.05, 0) is 42.8 Å². The van der Waals surface area contributed by atoms with Crippen molar-refractivity contribution in [3.05, 3.63) is 64.1 Å². The van der Waals surface area contributed by atoms with Crippen LogP contribution in [-0.2, 0) is 6.54 Å². The van der Waals surface area contributed by atoms with E-state index >= 15 is 0 Å². The maximum absolute atomic E-state index is 11.8. The molecule has 2 aromatic carbocycles. The third-order valence-corrected chi connectivity index (χ3v) is 3.34. The Bertz CT molecular complexity index is 599. The second-order valence-corrected chi connectivity index (χ2v) is 5.34. The van der Waals surface area contributed by atoms with Gasteiger partial charge in [0, 0.05) is 28.8 Å². The summed E-state index contributed by atoms with van der Waals surface area (Å²) in [7, 11) is 0. The summed E-state index contributed by atoms with van der Waals surface area (Å²) in [6, 6.07) is 15.7. The molecule has 0 unspecified atom stereocenters. The quantitative estimate of drug-likeness (QED) is 0.874. The molecule has 104 valence electrons. The van der Waals surface area contributed by atoms with Gasteiger partial charge >= 0.3 is 0 Å². The molecule has 0 saturated heterocycles. The first-order valence-corrected chi connectivity index (χ1v) is 7.35. The SMILES string of the molecule is CCNC(=O)c1cccc(NCc2cccc(Br)c2)c1. The van der Waals surface area contributed by atoms with Crippen LogP contribution in [0.15, 0.2) is 53.0 Å². The van der Waals surface area contributed by atoms with Crippen molar-refractivity contribution in [3.63, 3.8) is 0 Å². The Morgan fingerprint density at radius 2 is 1.95 bits per heavy atom. The van der Waals surface area contributed by atoms with E-state index in [1.54, 1.807) is 0 Å². The second-order valence-electron chi connectivity index (χ2n) is 4.42. The Labute approximate surface area is 127 Å². The molecule has 0 atom stereocenters. The second kappa shape index (κ2) is 7.10. The molecule has 0 saturated carbocycles. The minimum atomic E-state index is -0.0430. The zero-order chi connectivity index (χ0) is 14.4. The van der Waals surface area contributed by atoms with Gasteiger partial charge in [-0.15, -0.1) is 0 Å². The van der Waals surface area contributed by atoms with Crippen LogP contribution in [0.2, 0.25) is 0 Å². The lowest BCUT2D eigenvalue weighted by Gasteiger charge is -2.09. The van der Waals surface area contributed by atoms with E-state index in [1.807, 2.05) is 43.3 Å². The number of hydrogen-bond acceptors (Lipinski definition) is 2. The van der Waals surface area contributed by atoms with Gasteiger partial charge in [-0.25, -0.2) is 0 Å². The number of carbonyl (C=O) groups is 1. The van der Waals surface area contributed by atoms with Gasteiger partial charge in [-0.2, -0.15) is 0 Å². The zero-order valence-electron chi connectivity index (χ0n) is 11.3. The highest BCUT2D eigenvalue weighted by atomic mass is 79.9. The van der Waals surface area contributed by atoms with Crippen molar-refractivity contribution < 1.29 is 4.79 Å². The van der Waals surface area contributed by atoms with Crippen molar-refractivity contribution >= 4 is 27.5 Å². The summed E-state index contributed by atoms with van der Waals surface area (Å²) in [5, 5.41) is 6.12. The van der Waals surface area contributed by atoms with Crippen molar-refractivity contribution in [2.75, 3.05) is 11.9 Å². The first-order valence-electron chi connectivity index (χ1n) is 6.55. The van der Waals surface area contributed by atoms with Gasteiger partial charge in [0.1, 0.15) is 0 Å². The van der Waals surface area contributed by atoms with Crippen LogP contribution in [0.5, 0.6) is 0 Å². The lowest BCUT2D eigenvalue weighted by atomic mass is 10.1. The summed E-state index contributed by atoms with van der Waals surface area (Å²) in [6.45, 7) is 3.26. The number of hydrogen-bond donors (Lipinski definition) is 2. The fourth-order valence-electron chi connectivity index (χ4n) is 1.88. The minimum absolute atomic E-state index is 0.0430. The Balaban J connectivity index is 2.03. The Morgan fingerprint density at radius 1 is 1.15 bits per heavy atom. The van der Waals surface area contributed by atoms with E-state index < -0.39 is 0 Å². The third-order valence-electron chi connectivity index (χ3n) is 2.85. The molecule has 1 amide bonds. The van der Waals surface area contributed by atoms with Crippen LogP contribution in [0.4, 0.5) is 5.69 Å². The van der Waals surface area contributed by atoms with Crippen molar-refractivity contribution in [1.82, 2.24) is 5.32 Å². The fourth-order valence-corrected chi connectivity index (χ4v) is 2.33. The average molecular weight is 333 g/mol. The zero-order valence-corrected chi connectivity index (χ0v) is 12.9. The summed E-state index contributed by atoms with van der Waals surface area (Å²) < 4.78 is 1.06. The highest BCUT2D eigenvalue weighted by Crippen LogP contribution is 2.15. The van der Waals surface area contributed by atoms with Gasteiger partial charge in [-0.1, -0.05) is 34.1 Å². The predicted octanol–water partition coefficient (Wildman–Crippen LogP) is 3.81. The number of anilines is 1. The van der Waals surface area contributed by atoms with E-state index in [1.165, 1.54) is 5.56 Å². The van der Waals surface area contributed by atoms with Gasteiger partial charge in [0.05, 0.1) is 0 Å². The first-order chi connectivity index (χ1) is 9.69.